The molecule has 0 saturated heterocycles. The molecular formula is C15H14N4O2S2. The van der Waals surface area contributed by atoms with Crippen molar-refractivity contribution in [2.24, 2.45) is 0 Å². The summed E-state index contributed by atoms with van der Waals surface area (Å²) in [6, 6.07) is 5.48. The van der Waals surface area contributed by atoms with Crippen LogP contribution in [0.25, 0.3) is 0 Å². The number of carbonyl (C=O) groups is 1. The molecule has 1 aliphatic carbocycles. The molecule has 1 N–H and O–H groups in total. The van der Waals surface area contributed by atoms with Crippen LogP contribution in [-0.4, -0.2) is 21.9 Å². The highest BCUT2D eigenvalue weighted by Crippen LogP contribution is 2.39. The van der Waals surface area contributed by atoms with Crippen molar-refractivity contribution in [3.8, 4) is 5.40 Å². The second kappa shape index (κ2) is 7.06. The van der Waals surface area contributed by atoms with Crippen LogP contribution in [0.1, 0.15) is 30.2 Å². The maximum Gasteiger partial charge on any atom is 0.277 e. The fourth-order valence-electron chi connectivity index (χ4n) is 1.98. The molecule has 6 nitrogen and oxygen atoms in total. The van der Waals surface area contributed by atoms with Gasteiger partial charge in [-0.05, 0) is 55.3 Å². The normalized spacial score (nSPS) is 13.6. The SMILES string of the molecule is Cc1cc(SC#N)ccc1NC(=O)CSc1nnc(C2CC2)o1. The predicted octanol–water partition coefficient (Wildman–Crippen LogP) is 3.56. The Hall–Kier alpha value is -1.98. The molecule has 118 valence electrons. The van der Waals surface area contributed by atoms with Crippen molar-refractivity contribution in [2.75, 3.05) is 11.1 Å². The van der Waals surface area contributed by atoms with E-state index in [9.17, 15) is 4.79 Å². The molecule has 0 aliphatic heterocycles. The van der Waals surface area contributed by atoms with Crippen LogP contribution in [0.3, 0.4) is 0 Å². The van der Waals surface area contributed by atoms with Gasteiger partial charge in [-0.2, -0.15) is 5.26 Å². The van der Waals surface area contributed by atoms with Gasteiger partial charge in [-0.1, -0.05) is 11.8 Å². The van der Waals surface area contributed by atoms with Crippen molar-refractivity contribution < 1.29 is 9.21 Å². The van der Waals surface area contributed by atoms with Crippen molar-refractivity contribution >= 4 is 35.1 Å². The van der Waals surface area contributed by atoms with Crippen LogP contribution in [0.2, 0.25) is 0 Å². The number of nitriles is 1. The summed E-state index contributed by atoms with van der Waals surface area (Å²) < 4.78 is 5.50. The van der Waals surface area contributed by atoms with Gasteiger partial charge in [-0.25, -0.2) is 0 Å². The number of nitrogens with one attached hydrogen (secondary N) is 1. The highest BCUT2D eigenvalue weighted by molar-refractivity contribution is 8.03. The summed E-state index contributed by atoms with van der Waals surface area (Å²) in [4.78, 5) is 12.9. The first kappa shape index (κ1) is 15.9. The molecule has 1 saturated carbocycles. The first-order valence-corrected chi connectivity index (χ1v) is 8.88. The molecule has 1 aromatic carbocycles. The van der Waals surface area contributed by atoms with Crippen molar-refractivity contribution in [2.45, 2.75) is 35.8 Å². The molecule has 0 radical (unpaired) electrons. The van der Waals surface area contributed by atoms with Gasteiger partial charge < -0.3 is 9.73 Å². The summed E-state index contributed by atoms with van der Waals surface area (Å²) in [5.41, 5.74) is 1.65. The Labute approximate surface area is 142 Å². The number of aromatic nitrogens is 2. The van der Waals surface area contributed by atoms with Gasteiger partial charge in [-0.3, -0.25) is 4.79 Å². The fourth-order valence-corrected chi connectivity index (χ4v) is 3.03. The van der Waals surface area contributed by atoms with Gasteiger partial charge in [0.2, 0.25) is 11.8 Å². The Morgan fingerprint density at radius 2 is 2.30 bits per heavy atom. The zero-order valence-electron chi connectivity index (χ0n) is 12.4. The Bertz CT molecular complexity index is 765. The molecule has 1 heterocycles. The highest BCUT2D eigenvalue weighted by atomic mass is 32.2. The summed E-state index contributed by atoms with van der Waals surface area (Å²) in [5, 5.41) is 21.9. The number of hydrogen-bond acceptors (Lipinski definition) is 7. The third-order valence-electron chi connectivity index (χ3n) is 3.31. The number of amides is 1. The molecule has 23 heavy (non-hydrogen) atoms. The van der Waals surface area contributed by atoms with Crippen LogP contribution in [0.4, 0.5) is 5.69 Å². The molecule has 8 heteroatoms. The van der Waals surface area contributed by atoms with Crippen LogP contribution in [-0.2, 0) is 4.79 Å². The quantitative estimate of drug-likeness (QED) is 0.631. The van der Waals surface area contributed by atoms with E-state index < -0.39 is 0 Å². The first-order valence-electron chi connectivity index (χ1n) is 7.08. The minimum absolute atomic E-state index is 0.134. The van der Waals surface area contributed by atoms with Crippen LogP contribution in [0.15, 0.2) is 32.7 Å². The smallest absolute Gasteiger partial charge is 0.277 e. The lowest BCUT2D eigenvalue weighted by Gasteiger charge is -2.08. The van der Waals surface area contributed by atoms with E-state index in [1.54, 1.807) is 6.07 Å². The fraction of sp³-hybridized carbons (Fsp3) is 0.333. The molecule has 1 amide bonds. The predicted molar refractivity (Wildman–Crippen MR) is 88.3 cm³/mol. The van der Waals surface area contributed by atoms with Crippen molar-refractivity contribution in [3.05, 3.63) is 29.7 Å². The molecule has 0 unspecified atom stereocenters. The number of nitrogens with zero attached hydrogens (tertiary/aromatic N) is 3. The Morgan fingerprint density at radius 3 is 3.00 bits per heavy atom. The van der Waals surface area contributed by atoms with E-state index in [1.807, 2.05) is 24.5 Å². The summed E-state index contributed by atoms with van der Waals surface area (Å²) in [5.74, 6) is 1.16. The van der Waals surface area contributed by atoms with E-state index in [0.717, 1.165) is 40.7 Å². The Balaban J connectivity index is 1.53. The van der Waals surface area contributed by atoms with Gasteiger partial charge in [0.15, 0.2) is 0 Å². The monoisotopic (exact) mass is 346 g/mol. The number of anilines is 1. The summed E-state index contributed by atoms with van der Waals surface area (Å²) in [6.07, 6.45) is 2.21. The summed E-state index contributed by atoms with van der Waals surface area (Å²) in [6.45, 7) is 1.89. The number of benzene rings is 1. The minimum atomic E-state index is -0.134. The van der Waals surface area contributed by atoms with Gasteiger partial charge in [0.05, 0.1) is 5.75 Å². The number of thioether (sulfide) groups is 2. The van der Waals surface area contributed by atoms with E-state index in [-0.39, 0.29) is 11.7 Å². The number of aryl methyl sites for hydroxylation is 1. The van der Waals surface area contributed by atoms with E-state index in [2.05, 4.69) is 15.5 Å². The van der Waals surface area contributed by atoms with Crippen molar-refractivity contribution in [1.82, 2.24) is 10.2 Å². The minimum Gasteiger partial charge on any atom is -0.416 e. The van der Waals surface area contributed by atoms with Crippen molar-refractivity contribution in [1.29, 1.82) is 5.26 Å². The van der Waals surface area contributed by atoms with E-state index in [1.165, 1.54) is 11.8 Å². The van der Waals surface area contributed by atoms with Crippen LogP contribution < -0.4 is 5.32 Å². The lowest BCUT2D eigenvalue weighted by atomic mass is 10.2. The number of carbonyl (C=O) groups excluding carboxylic acids is 1. The average molecular weight is 346 g/mol. The molecule has 1 aromatic heterocycles. The summed E-state index contributed by atoms with van der Waals surface area (Å²) in [7, 11) is 0. The molecule has 2 aromatic rings. The second-order valence-electron chi connectivity index (χ2n) is 5.19. The van der Waals surface area contributed by atoms with Gasteiger partial charge >= 0.3 is 0 Å². The standard InChI is InChI=1S/C15H14N4O2S2/c1-9-6-11(23-8-16)4-5-12(9)17-13(20)7-22-15-19-18-14(21-15)10-2-3-10/h4-6,10H,2-3,7H2,1H3,(H,17,20). The number of rotatable bonds is 6. The van der Waals surface area contributed by atoms with Gasteiger partial charge in [0.25, 0.3) is 5.22 Å². The zero-order chi connectivity index (χ0) is 16.2. The number of thiocyanates is 1. The van der Waals surface area contributed by atoms with E-state index >= 15 is 0 Å². The molecule has 0 spiro atoms. The molecule has 1 aliphatic rings. The number of hydrogen-bond donors (Lipinski definition) is 1. The molecular weight excluding hydrogens is 332 g/mol. The third-order valence-corrected chi connectivity index (χ3v) is 4.71. The lowest BCUT2D eigenvalue weighted by molar-refractivity contribution is -0.113. The van der Waals surface area contributed by atoms with Gasteiger partial charge in [0, 0.05) is 16.5 Å². The lowest BCUT2D eigenvalue weighted by Crippen LogP contribution is -2.14. The van der Waals surface area contributed by atoms with Crippen LogP contribution >= 0.6 is 23.5 Å². The average Bonchev–Trinajstić information content (AvgIpc) is 3.27. The van der Waals surface area contributed by atoms with Crippen LogP contribution in [0, 0.1) is 17.6 Å². The highest BCUT2D eigenvalue weighted by Gasteiger charge is 2.29. The van der Waals surface area contributed by atoms with Crippen molar-refractivity contribution in [3.63, 3.8) is 0 Å². The van der Waals surface area contributed by atoms with Crippen LogP contribution in [0.5, 0.6) is 0 Å². The second-order valence-corrected chi connectivity index (χ2v) is 6.97. The molecule has 3 rings (SSSR count). The summed E-state index contributed by atoms with van der Waals surface area (Å²) >= 11 is 2.33. The maximum absolute atomic E-state index is 12.0. The topological polar surface area (TPSA) is 91.8 Å². The molecule has 1 fully saturated rings. The van der Waals surface area contributed by atoms with E-state index in [0.29, 0.717) is 17.0 Å². The Kier molecular flexibility index (Phi) is 4.88. The maximum atomic E-state index is 12.0. The van der Waals surface area contributed by atoms with Gasteiger partial charge in [-0.15, -0.1) is 10.2 Å². The first-order chi connectivity index (χ1) is 11.2. The molecule has 0 atom stereocenters. The Morgan fingerprint density at radius 1 is 1.48 bits per heavy atom. The van der Waals surface area contributed by atoms with Gasteiger partial charge in [0.1, 0.15) is 5.40 Å². The van der Waals surface area contributed by atoms with E-state index in [4.69, 9.17) is 9.68 Å². The zero-order valence-corrected chi connectivity index (χ0v) is 14.0. The largest absolute Gasteiger partial charge is 0.416 e. The third kappa shape index (κ3) is 4.27. The molecule has 0 bridgehead atoms.